The highest BCUT2D eigenvalue weighted by molar-refractivity contribution is 7.18. The van der Waals surface area contributed by atoms with Crippen LogP contribution in [0.15, 0.2) is 18.2 Å². The van der Waals surface area contributed by atoms with Crippen LogP contribution in [0.5, 0.6) is 0 Å². The van der Waals surface area contributed by atoms with E-state index in [9.17, 15) is 0 Å². The molecule has 5 atom stereocenters. The largest absolute Gasteiger partial charge is 0.310 e. The molecule has 0 bridgehead atoms. The van der Waals surface area contributed by atoms with E-state index in [0.29, 0.717) is 6.04 Å². The van der Waals surface area contributed by atoms with Crippen molar-refractivity contribution in [2.45, 2.75) is 31.7 Å². The number of nitrogens with one attached hydrogen (secondary N) is 1. The van der Waals surface area contributed by atoms with Gasteiger partial charge in [0.05, 0.1) is 15.2 Å². The van der Waals surface area contributed by atoms with Gasteiger partial charge in [-0.2, -0.15) is 0 Å². The Hall–Kier alpha value is -0.970. The van der Waals surface area contributed by atoms with E-state index in [0.717, 1.165) is 30.2 Å². The Labute approximate surface area is 142 Å². The minimum atomic E-state index is 0.523. The first-order valence-corrected chi connectivity index (χ1v) is 9.83. The van der Waals surface area contributed by atoms with Gasteiger partial charge >= 0.3 is 0 Å². The summed E-state index contributed by atoms with van der Waals surface area (Å²) in [5.74, 6) is 3.32. The SMILES string of the molecule is C[C@H]1CC[C@H](c2ccc3sc(C4[C@H]5CN(C)C[C@@H]45)nc3c2)NC1. The van der Waals surface area contributed by atoms with E-state index < -0.39 is 0 Å². The van der Waals surface area contributed by atoms with Gasteiger partial charge in [-0.05, 0) is 61.9 Å². The van der Waals surface area contributed by atoms with E-state index in [1.165, 1.54) is 46.7 Å². The number of nitrogens with zero attached hydrogens (tertiary/aromatic N) is 2. The molecule has 0 spiro atoms. The maximum Gasteiger partial charge on any atom is 0.0976 e. The third-order valence-corrected chi connectivity index (χ3v) is 7.29. The molecule has 2 aliphatic heterocycles. The number of fused-ring (bicyclic) bond motifs is 2. The van der Waals surface area contributed by atoms with Gasteiger partial charge < -0.3 is 10.2 Å². The third-order valence-electron chi connectivity index (χ3n) is 6.15. The van der Waals surface area contributed by atoms with Gasteiger partial charge in [-0.3, -0.25) is 0 Å². The lowest BCUT2D eigenvalue weighted by atomic mass is 9.92. The lowest BCUT2D eigenvalue weighted by Gasteiger charge is -2.28. The Kier molecular flexibility index (Phi) is 3.29. The summed E-state index contributed by atoms with van der Waals surface area (Å²) in [5, 5.41) is 5.09. The van der Waals surface area contributed by atoms with Crippen LogP contribution >= 0.6 is 11.3 Å². The molecule has 1 unspecified atom stereocenters. The molecule has 0 amide bonds. The maximum absolute atomic E-state index is 5.02. The molecule has 1 saturated carbocycles. The van der Waals surface area contributed by atoms with Gasteiger partial charge in [0.1, 0.15) is 0 Å². The quantitative estimate of drug-likeness (QED) is 0.913. The normalized spacial score (nSPS) is 37.2. The van der Waals surface area contributed by atoms with E-state index in [2.05, 4.69) is 42.4 Å². The van der Waals surface area contributed by atoms with Crippen molar-refractivity contribution in [3.05, 3.63) is 28.8 Å². The summed E-state index contributed by atoms with van der Waals surface area (Å²) in [7, 11) is 2.24. The van der Waals surface area contributed by atoms with Crippen LogP contribution in [0, 0.1) is 17.8 Å². The highest BCUT2D eigenvalue weighted by atomic mass is 32.1. The maximum atomic E-state index is 5.02. The molecule has 122 valence electrons. The standard InChI is InChI=1S/C19H25N3S/c1-11-3-5-15(20-8-11)12-4-6-17-16(7-12)21-19(23-17)18-13-9-22(2)10-14(13)18/h4,6-7,11,13-15,18,20H,3,5,8-10H2,1-2H3/t11-,13-,14+,15+,18?/m0/s1. The lowest BCUT2D eigenvalue weighted by Crippen LogP contribution is -2.31. The fourth-order valence-electron chi connectivity index (χ4n) is 4.71. The number of thiazole rings is 1. The first-order chi connectivity index (χ1) is 11.2. The second-order valence-electron chi connectivity index (χ2n) is 8.00. The monoisotopic (exact) mass is 327 g/mol. The van der Waals surface area contributed by atoms with Crippen LogP contribution < -0.4 is 5.32 Å². The molecule has 3 fully saturated rings. The number of hydrogen-bond donors (Lipinski definition) is 1. The third kappa shape index (κ3) is 2.43. The zero-order valence-corrected chi connectivity index (χ0v) is 14.8. The minimum Gasteiger partial charge on any atom is -0.310 e. The van der Waals surface area contributed by atoms with Gasteiger partial charge in [0.15, 0.2) is 0 Å². The van der Waals surface area contributed by atoms with Crippen molar-refractivity contribution in [2.75, 3.05) is 26.7 Å². The highest BCUT2D eigenvalue weighted by Gasteiger charge is 2.56. The molecule has 1 aromatic heterocycles. The predicted octanol–water partition coefficient (Wildman–Crippen LogP) is 3.63. The van der Waals surface area contributed by atoms with Gasteiger partial charge in [0.25, 0.3) is 0 Å². The Balaban J connectivity index is 1.39. The van der Waals surface area contributed by atoms with E-state index in [-0.39, 0.29) is 0 Å². The van der Waals surface area contributed by atoms with Gasteiger partial charge in [0.2, 0.25) is 0 Å². The fourth-order valence-corrected chi connectivity index (χ4v) is 5.91. The molecule has 5 rings (SSSR count). The Morgan fingerprint density at radius 1 is 1.22 bits per heavy atom. The van der Waals surface area contributed by atoms with Crippen LogP contribution in [0.3, 0.4) is 0 Å². The summed E-state index contributed by atoms with van der Waals surface area (Å²) < 4.78 is 1.37. The zero-order valence-electron chi connectivity index (χ0n) is 14.0. The Morgan fingerprint density at radius 2 is 2.04 bits per heavy atom. The fraction of sp³-hybridized carbons (Fsp3) is 0.632. The summed E-state index contributed by atoms with van der Waals surface area (Å²) in [4.78, 5) is 7.49. The van der Waals surface area contributed by atoms with Crippen LogP contribution in [0.25, 0.3) is 10.2 Å². The molecular weight excluding hydrogens is 302 g/mol. The smallest absolute Gasteiger partial charge is 0.0976 e. The van der Waals surface area contributed by atoms with E-state index >= 15 is 0 Å². The van der Waals surface area contributed by atoms with E-state index in [1.54, 1.807) is 0 Å². The average molecular weight is 327 g/mol. The average Bonchev–Trinajstić information content (AvgIpc) is 2.90. The molecule has 23 heavy (non-hydrogen) atoms. The lowest BCUT2D eigenvalue weighted by molar-refractivity contribution is 0.333. The number of rotatable bonds is 2. The number of benzene rings is 1. The van der Waals surface area contributed by atoms with Crippen molar-refractivity contribution >= 4 is 21.6 Å². The van der Waals surface area contributed by atoms with Gasteiger partial charge in [-0.25, -0.2) is 4.98 Å². The number of likely N-dealkylation sites (tertiary alicyclic amines) is 1. The second-order valence-corrected chi connectivity index (χ2v) is 9.06. The van der Waals surface area contributed by atoms with Crippen LogP contribution in [-0.2, 0) is 0 Å². The molecule has 4 heteroatoms. The first kappa shape index (κ1) is 14.4. The van der Waals surface area contributed by atoms with Crippen LogP contribution in [0.4, 0.5) is 0 Å². The topological polar surface area (TPSA) is 28.2 Å². The molecule has 1 aromatic carbocycles. The van der Waals surface area contributed by atoms with Crippen LogP contribution in [0.2, 0.25) is 0 Å². The Bertz CT molecular complexity index is 719. The van der Waals surface area contributed by atoms with Crippen molar-refractivity contribution in [1.82, 2.24) is 15.2 Å². The molecule has 2 aromatic rings. The molecule has 3 heterocycles. The molecular formula is C19H25N3S. The summed E-state index contributed by atoms with van der Waals surface area (Å²) in [6.45, 7) is 6.01. The van der Waals surface area contributed by atoms with Gasteiger partial charge in [-0.15, -0.1) is 11.3 Å². The molecule has 3 nitrogen and oxygen atoms in total. The second kappa shape index (κ2) is 5.27. The van der Waals surface area contributed by atoms with E-state index in [4.69, 9.17) is 4.98 Å². The molecule has 1 aliphatic carbocycles. The van der Waals surface area contributed by atoms with Gasteiger partial charge in [-0.1, -0.05) is 13.0 Å². The summed E-state index contributed by atoms with van der Waals surface area (Å²) in [6, 6.07) is 7.48. The summed E-state index contributed by atoms with van der Waals surface area (Å²) >= 11 is 1.93. The Morgan fingerprint density at radius 3 is 2.78 bits per heavy atom. The molecule has 0 radical (unpaired) electrons. The first-order valence-electron chi connectivity index (χ1n) is 9.01. The highest BCUT2D eigenvalue weighted by Crippen LogP contribution is 2.58. The van der Waals surface area contributed by atoms with E-state index in [1.807, 2.05) is 11.3 Å². The minimum absolute atomic E-state index is 0.523. The van der Waals surface area contributed by atoms with Crippen molar-refractivity contribution < 1.29 is 0 Å². The summed E-state index contributed by atoms with van der Waals surface area (Å²) in [5.41, 5.74) is 2.65. The van der Waals surface area contributed by atoms with Gasteiger partial charge in [0, 0.05) is 25.0 Å². The number of hydrogen-bond acceptors (Lipinski definition) is 4. The van der Waals surface area contributed by atoms with Crippen molar-refractivity contribution in [1.29, 1.82) is 0 Å². The molecule has 2 saturated heterocycles. The predicted molar refractivity (Wildman–Crippen MR) is 96.0 cm³/mol. The van der Waals surface area contributed by atoms with Crippen LogP contribution in [0.1, 0.15) is 42.3 Å². The molecule has 3 aliphatic rings. The van der Waals surface area contributed by atoms with Crippen molar-refractivity contribution in [3.8, 4) is 0 Å². The number of piperidine rings is 2. The molecule has 1 N–H and O–H groups in total. The van der Waals surface area contributed by atoms with Crippen molar-refractivity contribution in [3.63, 3.8) is 0 Å². The summed E-state index contributed by atoms with van der Waals surface area (Å²) in [6.07, 6.45) is 2.58. The number of aromatic nitrogens is 1. The zero-order chi connectivity index (χ0) is 15.6. The van der Waals surface area contributed by atoms with Crippen molar-refractivity contribution in [2.24, 2.45) is 17.8 Å². The van der Waals surface area contributed by atoms with Crippen LogP contribution in [-0.4, -0.2) is 36.6 Å².